The van der Waals surface area contributed by atoms with Crippen LogP contribution in [0.1, 0.15) is 75.9 Å². The second-order valence-electron chi connectivity index (χ2n) is 14.2. The maximum absolute atomic E-state index is 15.7. The molecule has 4 N–H and O–H groups in total. The predicted molar refractivity (Wildman–Crippen MR) is 188 cm³/mol. The number of ether oxygens (including phenoxy) is 1. The largest absolute Gasteiger partial charge is 0.454 e. The van der Waals surface area contributed by atoms with Crippen molar-refractivity contribution < 1.29 is 18.3 Å². The third kappa shape index (κ3) is 6.82. The number of halogens is 2. The minimum Gasteiger partial charge on any atom is -0.454 e. The normalized spacial score (nSPS) is 20.0. The maximum Gasteiger partial charge on any atom is 0.168 e. The first-order chi connectivity index (χ1) is 23.4. The number of carbonyl (C=O) groups excluding carboxylic acids is 1. The molecule has 10 heteroatoms. The first-order valence-corrected chi connectivity index (χ1v) is 16.8. The van der Waals surface area contributed by atoms with Crippen LogP contribution >= 0.6 is 0 Å². The number of aldehydes is 1. The minimum atomic E-state index is -0.624. The van der Waals surface area contributed by atoms with Crippen molar-refractivity contribution in [1.82, 2.24) is 25.1 Å². The number of carbonyl (C=O) groups is 1. The topological polar surface area (TPSA) is 111 Å². The van der Waals surface area contributed by atoms with Crippen LogP contribution in [0.3, 0.4) is 0 Å². The number of nitrogens with one attached hydrogen (secondary N) is 2. The minimum absolute atomic E-state index is 0.0383. The second kappa shape index (κ2) is 13.5. The molecule has 8 nitrogen and oxygen atoms in total. The summed E-state index contributed by atoms with van der Waals surface area (Å²) in [4.78, 5) is 19.5. The van der Waals surface area contributed by atoms with Gasteiger partial charge in [-0.3, -0.25) is 0 Å². The molecule has 0 spiro atoms. The second-order valence-corrected chi connectivity index (χ2v) is 14.2. The van der Waals surface area contributed by atoms with Crippen LogP contribution in [0.2, 0.25) is 0 Å². The average molecular weight is 667 g/mol. The molecule has 4 bridgehead atoms. The molecular formula is C39H44F2N6O2. The van der Waals surface area contributed by atoms with Crippen molar-refractivity contribution in [3.05, 3.63) is 107 Å². The molecule has 2 unspecified atom stereocenters. The molecule has 0 amide bonds. The number of hydrogen-bond donors (Lipinski definition) is 3. The molecule has 3 heterocycles. The molecule has 2 atom stereocenters. The van der Waals surface area contributed by atoms with Crippen LogP contribution in [-0.2, 0) is 30.2 Å². The fraction of sp³-hybridized carbons (Fsp3) is 0.359. The van der Waals surface area contributed by atoms with Gasteiger partial charge in [0.25, 0.3) is 0 Å². The predicted octanol–water partition coefficient (Wildman–Crippen LogP) is 8.21. The molecule has 256 valence electrons. The van der Waals surface area contributed by atoms with E-state index in [0.717, 1.165) is 48.5 Å². The van der Waals surface area contributed by atoms with E-state index in [0.29, 0.717) is 34.8 Å². The highest BCUT2D eigenvalue weighted by atomic mass is 19.1. The zero-order valence-electron chi connectivity index (χ0n) is 28.7. The Kier molecular flexibility index (Phi) is 9.33. The molecule has 0 fully saturated rings. The van der Waals surface area contributed by atoms with Gasteiger partial charge < -0.3 is 25.6 Å². The smallest absolute Gasteiger partial charge is 0.168 e. The van der Waals surface area contributed by atoms with Gasteiger partial charge >= 0.3 is 0 Å². The van der Waals surface area contributed by atoms with E-state index >= 15 is 8.78 Å². The number of nitrogens with two attached hydrogens (primary N) is 1. The number of hydrogen-bond acceptors (Lipinski definition) is 6. The van der Waals surface area contributed by atoms with Crippen LogP contribution in [0.25, 0.3) is 22.3 Å². The maximum atomic E-state index is 15.7. The summed E-state index contributed by atoms with van der Waals surface area (Å²) < 4.78 is 39.1. The Hall–Kier alpha value is -4.99. The summed E-state index contributed by atoms with van der Waals surface area (Å²) in [5.41, 5.74) is 9.90. The fourth-order valence-corrected chi connectivity index (χ4v) is 6.71. The SMILES string of the molecule is CC(C=O)Cc1cccc(C2(C)CCCCC(C)(C)/C(N)=C/NCc3c(c(F)cc4[nH]ccc34)Oc3ccc(F)c(c3)-c3nc2nn3C)c1. The van der Waals surface area contributed by atoms with Gasteiger partial charge in [0.15, 0.2) is 23.2 Å². The lowest BCUT2D eigenvalue weighted by Crippen LogP contribution is -2.27. The highest BCUT2D eigenvalue weighted by Gasteiger charge is 2.35. The zero-order chi connectivity index (χ0) is 34.9. The number of H-pyrrole nitrogens is 1. The van der Waals surface area contributed by atoms with E-state index in [1.165, 1.54) is 24.3 Å². The van der Waals surface area contributed by atoms with Crippen LogP contribution in [0.5, 0.6) is 11.5 Å². The number of aryl methyl sites for hydroxylation is 1. The van der Waals surface area contributed by atoms with Gasteiger partial charge in [-0.1, -0.05) is 57.9 Å². The van der Waals surface area contributed by atoms with Crippen LogP contribution in [-0.4, -0.2) is 26.0 Å². The van der Waals surface area contributed by atoms with Crippen molar-refractivity contribution in [2.45, 2.75) is 71.8 Å². The van der Waals surface area contributed by atoms with Gasteiger partial charge in [-0.15, -0.1) is 0 Å². The van der Waals surface area contributed by atoms with Gasteiger partial charge in [-0.25, -0.2) is 18.4 Å². The van der Waals surface area contributed by atoms with E-state index in [4.69, 9.17) is 20.6 Å². The Morgan fingerprint density at radius 1 is 1.06 bits per heavy atom. The molecule has 0 radical (unpaired) electrons. The third-order valence-corrected chi connectivity index (χ3v) is 9.92. The van der Waals surface area contributed by atoms with E-state index in [1.807, 2.05) is 25.1 Å². The third-order valence-electron chi connectivity index (χ3n) is 9.92. The molecule has 1 aliphatic heterocycles. The summed E-state index contributed by atoms with van der Waals surface area (Å²) in [6.07, 6.45) is 8.46. The fourth-order valence-electron chi connectivity index (χ4n) is 6.71. The van der Waals surface area contributed by atoms with Crippen molar-refractivity contribution in [2.24, 2.45) is 24.1 Å². The van der Waals surface area contributed by atoms with Gasteiger partial charge in [-0.05, 0) is 61.6 Å². The van der Waals surface area contributed by atoms with Gasteiger partial charge in [0, 0.05) is 65.6 Å². The first-order valence-electron chi connectivity index (χ1n) is 16.8. The van der Waals surface area contributed by atoms with Crippen LogP contribution in [0.4, 0.5) is 8.78 Å². The van der Waals surface area contributed by atoms with Gasteiger partial charge in [-0.2, -0.15) is 5.10 Å². The summed E-state index contributed by atoms with van der Waals surface area (Å²) in [7, 11) is 1.74. The molecule has 2 aromatic heterocycles. The monoisotopic (exact) mass is 666 g/mol. The van der Waals surface area contributed by atoms with Crippen LogP contribution < -0.4 is 15.8 Å². The molecule has 5 aromatic rings. The number of aromatic amines is 1. The van der Waals surface area contributed by atoms with Crippen LogP contribution in [0, 0.1) is 23.0 Å². The summed E-state index contributed by atoms with van der Waals surface area (Å²) in [5.74, 6) is 0.0126. The number of rotatable bonds is 4. The van der Waals surface area contributed by atoms with E-state index < -0.39 is 17.0 Å². The van der Waals surface area contributed by atoms with Gasteiger partial charge in [0.05, 0.1) is 11.0 Å². The highest BCUT2D eigenvalue weighted by Crippen LogP contribution is 2.40. The molecule has 49 heavy (non-hydrogen) atoms. The van der Waals surface area contributed by atoms with Gasteiger partial charge in [0.2, 0.25) is 0 Å². The summed E-state index contributed by atoms with van der Waals surface area (Å²) in [5, 5.41) is 8.97. The van der Waals surface area contributed by atoms with E-state index in [2.05, 4.69) is 43.2 Å². The quantitative estimate of drug-likeness (QED) is 0.167. The van der Waals surface area contributed by atoms with E-state index in [1.54, 1.807) is 24.1 Å². The Labute approximate surface area is 285 Å². The Balaban J connectivity index is 1.48. The van der Waals surface area contributed by atoms with Gasteiger partial charge in [0.1, 0.15) is 17.9 Å². The van der Waals surface area contributed by atoms with Crippen molar-refractivity contribution in [2.75, 3.05) is 0 Å². The lowest BCUT2D eigenvalue weighted by atomic mass is 9.75. The molecule has 6 rings (SSSR count). The molecule has 3 aromatic carbocycles. The van der Waals surface area contributed by atoms with Crippen molar-refractivity contribution in [3.63, 3.8) is 0 Å². The summed E-state index contributed by atoms with van der Waals surface area (Å²) in [6.45, 7) is 8.52. The molecule has 0 saturated carbocycles. The number of nitrogens with zero attached hydrogens (tertiary/aromatic N) is 3. The number of allylic oxidation sites excluding steroid dienone is 1. The van der Waals surface area contributed by atoms with Crippen LogP contribution in [0.15, 0.2) is 72.7 Å². The highest BCUT2D eigenvalue weighted by molar-refractivity contribution is 5.85. The first kappa shape index (κ1) is 33.9. The number of fused-ring (bicyclic) bond motifs is 8. The standard InChI is InChI=1S/C39H44F2N6O2/c1-24(23-48)17-25-9-8-10-26(18-25)39(4)15-7-6-14-38(2,3)34(42)22-43-21-30-28-13-16-44-33(28)20-32(41)35(30)49-27-11-12-31(40)29(19-27)36-45-37(39)46-47(36)5/h8-13,16,18-20,22-24,43-44H,6-7,14-15,17,21,42H2,1-5H3/b34-22-. The average Bonchev–Trinajstić information content (AvgIpc) is 3.71. The number of aromatic nitrogens is 4. The lowest BCUT2D eigenvalue weighted by Gasteiger charge is -2.30. The van der Waals surface area contributed by atoms with Crippen molar-refractivity contribution in [3.8, 4) is 22.9 Å². The summed E-state index contributed by atoms with van der Waals surface area (Å²) in [6, 6.07) is 15.8. The molecule has 0 aliphatic carbocycles. The zero-order valence-corrected chi connectivity index (χ0v) is 28.7. The molecule has 0 saturated heterocycles. The van der Waals surface area contributed by atoms with E-state index in [-0.39, 0.29) is 34.9 Å². The Bertz CT molecular complexity index is 2030. The summed E-state index contributed by atoms with van der Waals surface area (Å²) >= 11 is 0. The Morgan fingerprint density at radius 2 is 1.86 bits per heavy atom. The van der Waals surface area contributed by atoms with Crippen molar-refractivity contribution in [1.29, 1.82) is 0 Å². The Morgan fingerprint density at radius 3 is 2.65 bits per heavy atom. The van der Waals surface area contributed by atoms with E-state index in [9.17, 15) is 4.79 Å². The van der Waals surface area contributed by atoms with Crippen molar-refractivity contribution >= 4 is 17.2 Å². The molecular weight excluding hydrogens is 622 g/mol. The molecule has 1 aliphatic rings. The number of benzene rings is 3. The lowest BCUT2D eigenvalue weighted by molar-refractivity contribution is -0.110.